The molecule has 0 spiro atoms. The summed E-state index contributed by atoms with van der Waals surface area (Å²) in [5.41, 5.74) is 1.78. The van der Waals surface area contributed by atoms with Gasteiger partial charge in [0.2, 0.25) is 15.9 Å². The van der Waals surface area contributed by atoms with Gasteiger partial charge in [0.25, 0.3) is 0 Å². The third-order valence-corrected chi connectivity index (χ3v) is 4.96. The molecule has 1 heterocycles. The maximum absolute atomic E-state index is 12.1. The Morgan fingerprint density at radius 1 is 1.19 bits per heavy atom. The minimum absolute atomic E-state index is 0.110. The highest BCUT2D eigenvalue weighted by molar-refractivity contribution is 7.88. The van der Waals surface area contributed by atoms with Crippen molar-refractivity contribution in [3.63, 3.8) is 0 Å². The number of carbonyl (C=O) groups excluding carboxylic acids is 1. The predicted molar refractivity (Wildman–Crippen MR) is 99.2 cm³/mol. The lowest BCUT2D eigenvalue weighted by Crippen LogP contribution is -2.40. The molecule has 1 aromatic carbocycles. The maximum Gasteiger partial charge on any atom is 0.235 e. The van der Waals surface area contributed by atoms with E-state index in [9.17, 15) is 13.2 Å². The predicted octanol–water partition coefficient (Wildman–Crippen LogP) is 1.21. The summed E-state index contributed by atoms with van der Waals surface area (Å²) in [6, 6.07) is 11.1. The summed E-state index contributed by atoms with van der Waals surface area (Å²) in [5, 5.41) is 2.76. The van der Waals surface area contributed by atoms with Crippen molar-refractivity contribution in [2.24, 2.45) is 0 Å². The number of hydrogen-bond acceptors (Lipinski definition) is 5. The topological polar surface area (TPSA) is 88.6 Å². The van der Waals surface area contributed by atoms with E-state index < -0.39 is 10.0 Å². The first-order valence-electron chi connectivity index (χ1n) is 8.12. The largest absolute Gasteiger partial charge is 0.497 e. The van der Waals surface area contributed by atoms with E-state index in [1.807, 2.05) is 24.3 Å². The molecule has 0 radical (unpaired) electrons. The fourth-order valence-electron chi connectivity index (χ4n) is 2.34. The number of ether oxygens (including phenoxy) is 1. The van der Waals surface area contributed by atoms with Crippen LogP contribution in [0.1, 0.15) is 11.1 Å². The zero-order valence-corrected chi connectivity index (χ0v) is 15.7. The van der Waals surface area contributed by atoms with Crippen LogP contribution in [0.4, 0.5) is 0 Å². The van der Waals surface area contributed by atoms with Gasteiger partial charge in [0.15, 0.2) is 0 Å². The number of amides is 1. The molecule has 0 bridgehead atoms. The Morgan fingerprint density at radius 2 is 1.92 bits per heavy atom. The van der Waals surface area contributed by atoms with Gasteiger partial charge < -0.3 is 10.1 Å². The lowest BCUT2D eigenvalue weighted by Gasteiger charge is -2.19. The van der Waals surface area contributed by atoms with Crippen LogP contribution in [0.2, 0.25) is 0 Å². The van der Waals surface area contributed by atoms with Crippen molar-refractivity contribution in [1.82, 2.24) is 14.6 Å². The number of nitrogens with zero attached hydrogens (tertiary/aromatic N) is 2. The van der Waals surface area contributed by atoms with E-state index in [1.54, 1.807) is 31.6 Å². The van der Waals surface area contributed by atoms with Crippen LogP contribution < -0.4 is 10.1 Å². The number of nitrogens with one attached hydrogen (secondary N) is 1. The molecule has 0 atom stereocenters. The van der Waals surface area contributed by atoms with Gasteiger partial charge in [-0.1, -0.05) is 18.2 Å². The number of aromatic nitrogens is 1. The molecule has 0 unspecified atom stereocenters. The van der Waals surface area contributed by atoms with Gasteiger partial charge in [-0.15, -0.1) is 0 Å². The lowest BCUT2D eigenvalue weighted by atomic mass is 10.1. The van der Waals surface area contributed by atoms with Crippen LogP contribution in [0.15, 0.2) is 48.8 Å². The van der Waals surface area contributed by atoms with E-state index in [-0.39, 0.29) is 19.0 Å². The Balaban J connectivity index is 1.86. The van der Waals surface area contributed by atoms with E-state index in [0.717, 1.165) is 27.4 Å². The fourth-order valence-corrected chi connectivity index (χ4v) is 3.08. The number of benzene rings is 1. The first kappa shape index (κ1) is 19.9. The molecule has 0 fully saturated rings. The van der Waals surface area contributed by atoms with Gasteiger partial charge >= 0.3 is 0 Å². The quantitative estimate of drug-likeness (QED) is 0.710. The highest BCUT2D eigenvalue weighted by atomic mass is 32.2. The fraction of sp³-hybridized carbons (Fsp3) is 0.333. The van der Waals surface area contributed by atoms with Crippen LogP contribution in [0.25, 0.3) is 0 Å². The molecule has 140 valence electrons. The van der Waals surface area contributed by atoms with Crippen LogP contribution in [-0.4, -0.2) is 50.1 Å². The molecule has 1 N–H and O–H groups in total. The summed E-state index contributed by atoms with van der Waals surface area (Å²) >= 11 is 0. The highest BCUT2D eigenvalue weighted by Crippen LogP contribution is 2.11. The van der Waals surface area contributed by atoms with E-state index in [0.29, 0.717) is 13.0 Å². The molecule has 0 saturated carbocycles. The van der Waals surface area contributed by atoms with E-state index in [2.05, 4.69) is 10.3 Å². The molecule has 0 saturated heterocycles. The van der Waals surface area contributed by atoms with Gasteiger partial charge in [-0.3, -0.25) is 9.78 Å². The minimum Gasteiger partial charge on any atom is -0.497 e. The van der Waals surface area contributed by atoms with Crippen LogP contribution in [0.5, 0.6) is 5.75 Å². The molecule has 2 aromatic rings. The van der Waals surface area contributed by atoms with E-state index in [4.69, 9.17) is 4.74 Å². The van der Waals surface area contributed by atoms with E-state index in [1.165, 1.54) is 0 Å². The van der Waals surface area contributed by atoms with E-state index >= 15 is 0 Å². The number of rotatable bonds is 9. The molecule has 0 aliphatic carbocycles. The Labute approximate surface area is 154 Å². The highest BCUT2D eigenvalue weighted by Gasteiger charge is 2.20. The van der Waals surface area contributed by atoms with Crippen molar-refractivity contribution < 1.29 is 17.9 Å². The summed E-state index contributed by atoms with van der Waals surface area (Å²) in [5.74, 6) is 0.435. The van der Waals surface area contributed by atoms with Gasteiger partial charge in [0, 0.05) is 25.5 Å². The third-order valence-electron chi connectivity index (χ3n) is 3.77. The Kier molecular flexibility index (Phi) is 7.11. The second kappa shape index (κ2) is 9.30. The molecule has 2 rings (SSSR count). The average Bonchev–Trinajstić information content (AvgIpc) is 2.62. The molecular weight excluding hydrogens is 354 g/mol. The Hall–Kier alpha value is -2.45. The number of methoxy groups -OCH3 is 1. The molecule has 8 heteroatoms. The van der Waals surface area contributed by atoms with Crippen molar-refractivity contribution in [2.45, 2.75) is 13.0 Å². The van der Waals surface area contributed by atoms with Crippen LogP contribution in [-0.2, 0) is 27.8 Å². The molecule has 1 aromatic heterocycles. The monoisotopic (exact) mass is 377 g/mol. The Morgan fingerprint density at radius 3 is 2.50 bits per heavy atom. The molecule has 26 heavy (non-hydrogen) atoms. The average molecular weight is 377 g/mol. The lowest BCUT2D eigenvalue weighted by molar-refractivity contribution is -0.121. The summed E-state index contributed by atoms with van der Waals surface area (Å²) in [7, 11) is -1.91. The molecular formula is C18H23N3O4S. The maximum atomic E-state index is 12.1. The molecule has 7 nitrogen and oxygen atoms in total. The van der Waals surface area contributed by atoms with Gasteiger partial charge in [-0.05, 0) is 35.7 Å². The van der Waals surface area contributed by atoms with Gasteiger partial charge in [0.1, 0.15) is 5.75 Å². The minimum atomic E-state index is -3.51. The second-order valence-electron chi connectivity index (χ2n) is 5.84. The summed E-state index contributed by atoms with van der Waals surface area (Å²) in [4.78, 5) is 16.1. The van der Waals surface area contributed by atoms with Crippen molar-refractivity contribution in [3.8, 4) is 5.75 Å². The van der Waals surface area contributed by atoms with Crippen molar-refractivity contribution in [2.75, 3.05) is 26.5 Å². The number of sulfonamides is 1. The van der Waals surface area contributed by atoms with Crippen LogP contribution in [0.3, 0.4) is 0 Å². The number of hydrogen-bond donors (Lipinski definition) is 1. The molecule has 0 aliphatic heterocycles. The normalized spacial score (nSPS) is 11.3. The van der Waals surface area contributed by atoms with Crippen molar-refractivity contribution in [3.05, 3.63) is 59.9 Å². The first-order chi connectivity index (χ1) is 12.4. The summed E-state index contributed by atoms with van der Waals surface area (Å²) in [6.07, 6.45) is 4.94. The second-order valence-corrected chi connectivity index (χ2v) is 7.82. The first-order valence-corrected chi connectivity index (χ1v) is 9.97. The van der Waals surface area contributed by atoms with Gasteiger partial charge in [-0.25, -0.2) is 8.42 Å². The third kappa shape index (κ3) is 6.45. The van der Waals surface area contributed by atoms with Crippen LogP contribution >= 0.6 is 0 Å². The van der Waals surface area contributed by atoms with Crippen molar-refractivity contribution >= 4 is 15.9 Å². The standard InChI is InChI=1S/C18H23N3O4S/c1-25-17-7-5-15(6-8-17)9-11-20-18(22)14-21(26(2,23)24)13-16-4-3-10-19-12-16/h3-8,10,12H,9,11,13-14H2,1-2H3,(H,20,22). The van der Waals surface area contributed by atoms with Gasteiger partial charge in [-0.2, -0.15) is 4.31 Å². The molecule has 0 aliphatic rings. The summed E-state index contributed by atoms with van der Waals surface area (Å²) < 4.78 is 30.1. The number of pyridine rings is 1. The zero-order valence-electron chi connectivity index (χ0n) is 14.9. The smallest absolute Gasteiger partial charge is 0.235 e. The Bertz CT molecular complexity index is 808. The molecule has 1 amide bonds. The SMILES string of the molecule is COc1ccc(CCNC(=O)CN(Cc2cccnc2)S(C)(=O)=O)cc1. The van der Waals surface area contributed by atoms with Crippen LogP contribution in [0, 0.1) is 0 Å². The summed E-state index contributed by atoms with van der Waals surface area (Å²) in [6.45, 7) is 0.310. The van der Waals surface area contributed by atoms with Gasteiger partial charge in [0.05, 0.1) is 19.9 Å². The van der Waals surface area contributed by atoms with Crippen molar-refractivity contribution in [1.29, 1.82) is 0 Å². The number of carbonyl (C=O) groups is 1. The zero-order chi connectivity index (χ0) is 19.0.